The average molecular weight is 407 g/mol. The Morgan fingerprint density at radius 2 is 1.97 bits per heavy atom. The summed E-state index contributed by atoms with van der Waals surface area (Å²) < 4.78 is 11.0. The molecule has 0 unspecified atom stereocenters. The second-order valence-electron chi connectivity index (χ2n) is 6.02. The van der Waals surface area contributed by atoms with Gasteiger partial charge in [0.25, 0.3) is 5.91 Å². The van der Waals surface area contributed by atoms with E-state index >= 15 is 0 Å². The van der Waals surface area contributed by atoms with Crippen molar-refractivity contribution in [3.8, 4) is 23.8 Å². The van der Waals surface area contributed by atoms with Crippen molar-refractivity contribution in [3.05, 3.63) is 70.7 Å². The summed E-state index contributed by atoms with van der Waals surface area (Å²) in [6.45, 7) is 2.36. The smallest absolute Gasteiger partial charge is 0.271 e. The number of rotatable bonds is 7. The maximum Gasteiger partial charge on any atom is 0.271 e. The molecule has 3 rings (SSSR count). The molecule has 0 saturated heterocycles. The molecule has 0 bridgehead atoms. The largest absolute Gasteiger partial charge is 0.490 e. The predicted molar refractivity (Wildman–Crippen MR) is 116 cm³/mol. The Balaban J connectivity index is 1.74. The number of terminal acetylenes is 1. The molecule has 0 aliphatic rings. The van der Waals surface area contributed by atoms with Crippen LogP contribution in [0.15, 0.2) is 59.7 Å². The number of nitrogens with zero attached hydrogens (tertiary/aromatic N) is 1. The molecule has 6 heteroatoms. The third-order valence-electron chi connectivity index (χ3n) is 4.02. The van der Waals surface area contributed by atoms with Gasteiger partial charge in [-0.25, -0.2) is 5.43 Å². The number of hydrazone groups is 1. The number of nitrogens with one attached hydrogen (secondary N) is 1. The maximum absolute atomic E-state index is 12.4. The summed E-state index contributed by atoms with van der Waals surface area (Å²) in [4.78, 5) is 12.4. The predicted octanol–water partition coefficient (Wildman–Crippen LogP) is 4.67. The first kappa shape index (κ1) is 20.2. The molecule has 0 radical (unpaired) electrons. The fourth-order valence-electron chi connectivity index (χ4n) is 2.74. The van der Waals surface area contributed by atoms with E-state index in [1.54, 1.807) is 18.2 Å². The minimum absolute atomic E-state index is 0.0784. The van der Waals surface area contributed by atoms with Gasteiger partial charge in [-0.2, -0.15) is 5.10 Å². The molecule has 3 aromatic rings. The number of hydrogen-bond acceptors (Lipinski definition) is 4. The van der Waals surface area contributed by atoms with Crippen molar-refractivity contribution in [2.24, 2.45) is 5.10 Å². The molecule has 0 atom stereocenters. The quantitative estimate of drug-likeness (QED) is 0.352. The third-order valence-corrected chi connectivity index (χ3v) is 4.30. The van der Waals surface area contributed by atoms with E-state index in [9.17, 15) is 4.79 Å². The Bertz CT molecular complexity index is 1100. The van der Waals surface area contributed by atoms with Crippen LogP contribution >= 0.6 is 11.6 Å². The second kappa shape index (κ2) is 9.63. The highest BCUT2D eigenvalue weighted by molar-refractivity contribution is 6.32. The lowest BCUT2D eigenvalue weighted by Crippen LogP contribution is -2.17. The fraction of sp³-hybridized carbons (Fsp3) is 0.130. The Hall–Kier alpha value is -3.49. The van der Waals surface area contributed by atoms with Crippen molar-refractivity contribution in [3.63, 3.8) is 0 Å². The highest BCUT2D eigenvalue weighted by atomic mass is 35.5. The molecule has 0 fully saturated rings. The number of amides is 1. The molecule has 0 spiro atoms. The van der Waals surface area contributed by atoms with Gasteiger partial charge < -0.3 is 9.47 Å². The molecular formula is C23H19ClN2O3. The summed E-state index contributed by atoms with van der Waals surface area (Å²) in [6, 6.07) is 16.7. The first-order chi connectivity index (χ1) is 14.1. The summed E-state index contributed by atoms with van der Waals surface area (Å²) in [5.74, 6) is 2.92. The van der Waals surface area contributed by atoms with E-state index in [4.69, 9.17) is 27.5 Å². The van der Waals surface area contributed by atoms with Crippen molar-refractivity contribution in [1.29, 1.82) is 0 Å². The zero-order chi connectivity index (χ0) is 20.6. The van der Waals surface area contributed by atoms with E-state index in [1.807, 2.05) is 43.3 Å². The summed E-state index contributed by atoms with van der Waals surface area (Å²) >= 11 is 6.28. The first-order valence-electron chi connectivity index (χ1n) is 8.97. The van der Waals surface area contributed by atoms with Gasteiger partial charge in [-0.1, -0.05) is 47.9 Å². The minimum Gasteiger partial charge on any atom is -0.490 e. The van der Waals surface area contributed by atoms with Crippen LogP contribution < -0.4 is 14.9 Å². The molecule has 0 aliphatic carbocycles. The molecule has 0 heterocycles. The highest BCUT2D eigenvalue weighted by Crippen LogP contribution is 2.36. The van der Waals surface area contributed by atoms with Crippen molar-refractivity contribution in [2.75, 3.05) is 13.2 Å². The Morgan fingerprint density at radius 3 is 2.72 bits per heavy atom. The van der Waals surface area contributed by atoms with E-state index in [1.165, 1.54) is 6.21 Å². The van der Waals surface area contributed by atoms with Gasteiger partial charge in [-0.05, 0) is 47.5 Å². The molecular weight excluding hydrogens is 388 g/mol. The van der Waals surface area contributed by atoms with Crippen LogP contribution in [0.25, 0.3) is 10.8 Å². The molecule has 1 amide bonds. The van der Waals surface area contributed by atoms with Crippen LogP contribution in [0.3, 0.4) is 0 Å². The zero-order valence-corrected chi connectivity index (χ0v) is 16.6. The third kappa shape index (κ3) is 5.07. The SMILES string of the molecule is C#CCOc1c(Cl)cc(/C=N\NC(=O)c2ccc3ccccc3c2)cc1OCC. The van der Waals surface area contributed by atoms with E-state index in [2.05, 4.69) is 16.4 Å². The summed E-state index contributed by atoms with van der Waals surface area (Å²) in [7, 11) is 0. The van der Waals surface area contributed by atoms with Gasteiger partial charge in [0.05, 0.1) is 17.8 Å². The fourth-order valence-corrected chi connectivity index (χ4v) is 3.01. The van der Waals surface area contributed by atoms with Gasteiger partial charge in [-0.15, -0.1) is 6.42 Å². The monoisotopic (exact) mass is 406 g/mol. The summed E-state index contributed by atoms with van der Waals surface area (Å²) in [5.41, 5.74) is 3.68. The van der Waals surface area contributed by atoms with Gasteiger partial charge >= 0.3 is 0 Å². The lowest BCUT2D eigenvalue weighted by Gasteiger charge is -2.12. The molecule has 29 heavy (non-hydrogen) atoms. The highest BCUT2D eigenvalue weighted by Gasteiger charge is 2.12. The van der Waals surface area contributed by atoms with Gasteiger partial charge in [0.2, 0.25) is 0 Å². The normalized spacial score (nSPS) is 10.7. The van der Waals surface area contributed by atoms with Crippen molar-refractivity contribution >= 4 is 34.5 Å². The van der Waals surface area contributed by atoms with E-state index < -0.39 is 0 Å². The molecule has 1 N–H and O–H groups in total. The van der Waals surface area contributed by atoms with Gasteiger partial charge in [0.15, 0.2) is 11.5 Å². The zero-order valence-electron chi connectivity index (χ0n) is 15.8. The van der Waals surface area contributed by atoms with Crippen LogP contribution in [0.4, 0.5) is 0 Å². The average Bonchev–Trinajstić information content (AvgIpc) is 2.73. The van der Waals surface area contributed by atoms with E-state index in [0.717, 1.165) is 10.8 Å². The van der Waals surface area contributed by atoms with E-state index in [0.29, 0.717) is 34.3 Å². The number of ether oxygens (including phenoxy) is 2. The van der Waals surface area contributed by atoms with Crippen LogP contribution in [0.1, 0.15) is 22.8 Å². The number of carbonyl (C=O) groups is 1. The van der Waals surface area contributed by atoms with Crippen LogP contribution in [0.2, 0.25) is 5.02 Å². The Morgan fingerprint density at radius 1 is 1.17 bits per heavy atom. The molecule has 146 valence electrons. The van der Waals surface area contributed by atoms with Crippen molar-refractivity contribution in [2.45, 2.75) is 6.92 Å². The molecule has 3 aromatic carbocycles. The summed E-state index contributed by atoms with van der Waals surface area (Å²) in [6.07, 6.45) is 6.72. The standard InChI is InChI=1S/C23H19ClN2O3/c1-3-11-29-22-20(24)12-16(13-21(22)28-4-2)15-25-26-23(27)19-10-9-17-7-5-6-8-18(17)14-19/h1,5-10,12-15H,4,11H2,2H3,(H,26,27)/b25-15-. The second-order valence-corrected chi connectivity index (χ2v) is 6.42. The van der Waals surface area contributed by atoms with Crippen LogP contribution in [-0.4, -0.2) is 25.3 Å². The van der Waals surface area contributed by atoms with Gasteiger partial charge in [0, 0.05) is 5.56 Å². The number of halogens is 1. The van der Waals surface area contributed by atoms with Crippen LogP contribution in [0.5, 0.6) is 11.5 Å². The number of carbonyl (C=O) groups excluding carboxylic acids is 1. The molecule has 0 aliphatic heterocycles. The first-order valence-corrected chi connectivity index (χ1v) is 9.35. The maximum atomic E-state index is 12.4. The van der Waals surface area contributed by atoms with Gasteiger partial charge in [-0.3, -0.25) is 4.79 Å². The van der Waals surface area contributed by atoms with Crippen molar-refractivity contribution in [1.82, 2.24) is 5.43 Å². The van der Waals surface area contributed by atoms with Crippen molar-refractivity contribution < 1.29 is 14.3 Å². The van der Waals surface area contributed by atoms with Crippen LogP contribution in [-0.2, 0) is 0 Å². The minimum atomic E-state index is -0.308. The molecule has 0 saturated carbocycles. The molecule has 5 nitrogen and oxygen atoms in total. The Labute approximate surface area is 174 Å². The topological polar surface area (TPSA) is 59.9 Å². The van der Waals surface area contributed by atoms with E-state index in [-0.39, 0.29) is 12.5 Å². The number of hydrogen-bond donors (Lipinski definition) is 1. The number of benzene rings is 3. The lowest BCUT2D eigenvalue weighted by molar-refractivity contribution is 0.0955. The lowest BCUT2D eigenvalue weighted by atomic mass is 10.1. The van der Waals surface area contributed by atoms with Gasteiger partial charge in [0.1, 0.15) is 6.61 Å². The summed E-state index contributed by atoms with van der Waals surface area (Å²) in [5, 5.41) is 6.41. The Kier molecular flexibility index (Phi) is 6.72. The number of fused-ring (bicyclic) bond motifs is 1. The van der Waals surface area contributed by atoms with Crippen LogP contribution in [0, 0.1) is 12.3 Å². The molecule has 0 aromatic heterocycles.